The first-order chi connectivity index (χ1) is 11.7. The molecule has 0 radical (unpaired) electrons. The minimum Gasteiger partial charge on any atom is -0.370 e. The van der Waals surface area contributed by atoms with Gasteiger partial charge < -0.3 is 5.32 Å². The maximum Gasteiger partial charge on any atom is 0.180 e. The van der Waals surface area contributed by atoms with Gasteiger partial charge in [0.15, 0.2) is 5.65 Å². The molecule has 0 bridgehead atoms. The molecule has 0 aliphatic heterocycles. The fraction of sp³-hybridized carbons (Fsp3) is 0.316. The van der Waals surface area contributed by atoms with Gasteiger partial charge in [-0.3, -0.25) is 9.88 Å². The van der Waals surface area contributed by atoms with Crippen LogP contribution in [-0.2, 0) is 6.54 Å². The molecule has 5 nitrogen and oxygen atoms in total. The number of nitrogens with one attached hydrogen (secondary N) is 1. The number of rotatable bonds is 7. The Bertz CT molecular complexity index is 775. The van der Waals surface area contributed by atoms with Crippen molar-refractivity contribution < 1.29 is 0 Å². The number of aromatic nitrogens is 3. The molecule has 1 atom stereocenters. The van der Waals surface area contributed by atoms with Crippen molar-refractivity contribution in [1.82, 2.24) is 19.9 Å². The average molecular weight is 321 g/mol. The van der Waals surface area contributed by atoms with Crippen LogP contribution >= 0.6 is 0 Å². The lowest BCUT2D eigenvalue weighted by Gasteiger charge is -2.25. The summed E-state index contributed by atoms with van der Waals surface area (Å²) in [4.78, 5) is 15.3. The molecule has 1 aromatic carbocycles. The second-order valence-corrected chi connectivity index (χ2v) is 6.06. The summed E-state index contributed by atoms with van der Waals surface area (Å²) < 4.78 is 0. The number of pyridine rings is 1. The predicted molar refractivity (Wildman–Crippen MR) is 97.8 cm³/mol. The molecule has 0 aliphatic rings. The fourth-order valence-corrected chi connectivity index (χ4v) is 2.61. The summed E-state index contributed by atoms with van der Waals surface area (Å²) in [7, 11) is 2.17. The van der Waals surface area contributed by atoms with Crippen molar-refractivity contribution in [3.8, 4) is 0 Å². The number of benzene rings is 1. The van der Waals surface area contributed by atoms with E-state index < -0.39 is 0 Å². The molecule has 5 heteroatoms. The van der Waals surface area contributed by atoms with E-state index in [0.29, 0.717) is 11.7 Å². The van der Waals surface area contributed by atoms with Crippen LogP contribution in [0.25, 0.3) is 11.2 Å². The summed E-state index contributed by atoms with van der Waals surface area (Å²) in [5, 5.41) is 3.38. The van der Waals surface area contributed by atoms with E-state index in [1.54, 1.807) is 12.4 Å². The van der Waals surface area contributed by atoms with Gasteiger partial charge in [-0.05, 0) is 38.1 Å². The van der Waals surface area contributed by atoms with Crippen LogP contribution in [0, 0.1) is 0 Å². The zero-order chi connectivity index (χ0) is 16.8. The average Bonchev–Trinajstić information content (AvgIpc) is 2.62. The fourth-order valence-electron chi connectivity index (χ4n) is 2.61. The highest BCUT2D eigenvalue weighted by atomic mass is 15.1. The van der Waals surface area contributed by atoms with Gasteiger partial charge in [0, 0.05) is 31.5 Å². The van der Waals surface area contributed by atoms with Gasteiger partial charge in [-0.1, -0.05) is 30.3 Å². The third-order valence-electron chi connectivity index (χ3n) is 4.23. The Morgan fingerprint density at radius 2 is 1.83 bits per heavy atom. The summed E-state index contributed by atoms with van der Waals surface area (Å²) in [5.74, 6) is 0.848. The van der Waals surface area contributed by atoms with Crippen LogP contribution < -0.4 is 5.32 Å². The summed E-state index contributed by atoms with van der Waals surface area (Å²) in [6.07, 6.45) is 4.39. The van der Waals surface area contributed by atoms with Crippen LogP contribution in [0.2, 0.25) is 0 Å². The Morgan fingerprint density at radius 3 is 2.67 bits per heavy atom. The van der Waals surface area contributed by atoms with Crippen LogP contribution in [0.1, 0.15) is 18.9 Å². The number of nitrogens with zero attached hydrogens (tertiary/aromatic N) is 4. The Balaban J connectivity index is 1.49. The lowest BCUT2D eigenvalue weighted by molar-refractivity contribution is 0.242. The minimum atomic E-state index is 0.484. The van der Waals surface area contributed by atoms with E-state index >= 15 is 0 Å². The molecule has 2 aromatic heterocycles. The Kier molecular flexibility index (Phi) is 5.33. The van der Waals surface area contributed by atoms with Crippen LogP contribution in [0.5, 0.6) is 0 Å². The van der Waals surface area contributed by atoms with Crippen molar-refractivity contribution in [1.29, 1.82) is 0 Å². The lowest BCUT2D eigenvalue weighted by Crippen LogP contribution is -2.30. The van der Waals surface area contributed by atoms with E-state index in [9.17, 15) is 0 Å². The molecule has 0 amide bonds. The normalized spacial score (nSPS) is 12.5. The molecule has 3 aromatic rings. The first kappa shape index (κ1) is 16.3. The highest BCUT2D eigenvalue weighted by molar-refractivity contribution is 5.71. The summed E-state index contributed by atoms with van der Waals surface area (Å²) in [6.45, 7) is 4.09. The van der Waals surface area contributed by atoms with Gasteiger partial charge in [0.1, 0.15) is 11.3 Å². The number of hydrogen-bond donors (Lipinski definition) is 1. The molecule has 1 N–H and O–H groups in total. The Hall–Kier alpha value is -2.53. The zero-order valence-corrected chi connectivity index (χ0v) is 14.2. The smallest absolute Gasteiger partial charge is 0.180 e. The molecule has 2 heterocycles. The first-order valence-corrected chi connectivity index (χ1v) is 8.28. The molecular formula is C19H23N5. The molecule has 124 valence electrons. The van der Waals surface area contributed by atoms with Crippen molar-refractivity contribution in [2.24, 2.45) is 0 Å². The minimum absolute atomic E-state index is 0.484. The zero-order valence-electron chi connectivity index (χ0n) is 14.2. The van der Waals surface area contributed by atoms with Gasteiger partial charge >= 0.3 is 0 Å². The van der Waals surface area contributed by atoms with Gasteiger partial charge in [0.2, 0.25) is 0 Å². The molecule has 0 aliphatic carbocycles. The van der Waals surface area contributed by atoms with E-state index in [1.807, 2.05) is 12.1 Å². The van der Waals surface area contributed by atoms with Crippen LogP contribution in [-0.4, -0.2) is 39.5 Å². The predicted octanol–water partition coefficient (Wildman–Crippen LogP) is 3.35. The maximum absolute atomic E-state index is 4.49. The van der Waals surface area contributed by atoms with E-state index in [2.05, 4.69) is 69.5 Å². The lowest BCUT2D eigenvalue weighted by atomic mass is 10.1. The number of hydrogen-bond acceptors (Lipinski definition) is 5. The summed E-state index contributed by atoms with van der Waals surface area (Å²) in [5.41, 5.74) is 2.84. The van der Waals surface area contributed by atoms with Crippen LogP contribution in [0.3, 0.4) is 0 Å². The quantitative estimate of drug-likeness (QED) is 0.723. The molecule has 1 unspecified atom stereocenters. The first-order valence-electron chi connectivity index (χ1n) is 8.28. The van der Waals surface area contributed by atoms with Gasteiger partial charge in [0.25, 0.3) is 0 Å². The van der Waals surface area contributed by atoms with Gasteiger partial charge in [0.05, 0.1) is 0 Å². The standard InChI is InChI=1S/C19H23N5/c1-15(24(2)14-16-6-4-3-5-7-16)10-11-21-18-9-8-17-19(23-18)22-13-12-20-17/h3-9,12-13,15H,10-11,14H2,1-2H3,(H,21,22,23). The van der Waals surface area contributed by atoms with Gasteiger partial charge in [-0.2, -0.15) is 0 Å². The number of anilines is 1. The highest BCUT2D eigenvalue weighted by Gasteiger charge is 2.09. The van der Waals surface area contributed by atoms with E-state index in [4.69, 9.17) is 0 Å². The molecule has 0 saturated heterocycles. The third kappa shape index (κ3) is 4.26. The van der Waals surface area contributed by atoms with Crippen molar-refractivity contribution in [2.45, 2.75) is 25.9 Å². The summed E-state index contributed by atoms with van der Waals surface area (Å²) in [6, 6.07) is 14.9. The Morgan fingerprint density at radius 1 is 1.04 bits per heavy atom. The molecule has 24 heavy (non-hydrogen) atoms. The molecule has 3 rings (SSSR count). The second-order valence-electron chi connectivity index (χ2n) is 6.06. The topological polar surface area (TPSA) is 53.9 Å². The van der Waals surface area contributed by atoms with Crippen molar-refractivity contribution >= 4 is 17.0 Å². The monoisotopic (exact) mass is 321 g/mol. The van der Waals surface area contributed by atoms with Crippen molar-refractivity contribution in [3.05, 3.63) is 60.4 Å². The number of fused-ring (bicyclic) bond motifs is 1. The summed E-state index contributed by atoms with van der Waals surface area (Å²) >= 11 is 0. The molecule has 0 fully saturated rings. The van der Waals surface area contributed by atoms with E-state index in [0.717, 1.165) is 30.8 Å². The highest BCUT2D eigenvalue weighted by Crippen LogP contribution is 2.12. The molecular weight excluding hydrogens is 298 g/mol. The Labute approximate surface area is 142 Å². The van der Waals surface area contributed by atoms with Crippen molar-refractivity contribution in [3.63, 3.8) is 0 Å². The van der Waals surface area contributed by atoms with E-state index in [1.165, 1.54) is 5.56 Å². The maximum atomic E-state index is 4.49. The van der Waals surface area contributed by atoms with Crippen LogP contribution in [0.15, 0.2) is 54.9 Å². The van der Waals surface area contributed by atoms with Gasteiger partial charge in [-0.25, -0.2) is 9.97 Å². The SMILES string of the molecule is CC(CCNc1ccc2nccnc2n1)N(C)Cc1ccccc1. The van der Waals surface area contributed by atoms with Crippen LogP contribution in [0.4, 0.5) is 5.82 Å². The second kappa shape index (κ2) is 7.84. The van der Waals surface area contributed by atoms with E-state index in [-0.39, 0.29) is 0 Å². The van der Waals surface area contributed by atoms with Crippen molar-refractivity contribution in [2.75, 3.05) is 18.9 Å². The van der Waals surface area contributed by atoms with Gasteiger partial charge in [-0.15, -0.1) is 0 Å². The third-order valence-corrected chi connectivity index (χ3v) is 4.23. The largest absolute Gasteiger partial charge is 0.370 e. The molecule has 0 spiro atoms. The molecule has 0 saturated carbocycles.